The first kappa shape index (κ1) is 15.9. The molecule has 2 aliphatic heterocycles. The molecule has 2 unspecified atom stereocenters. The molecule has 2 atom stereocenters. The predicted molar refractivity (Wildman–Crippen MR) is 86.9 cm³/mol. The quantitative estimate of drug-likeness (QED) is 0.581. The summed E-state index contributed by atoms with van der Waals surface area (Å²) in [6.45, 7) is 5.61. The SMILES string of the molecule is CN1OC2=NCC(Cl)C2(OC(=O)OC(C)(C)C)c2ccccc21. The Morgan fingerprint density at radius 1 is 1.43 bits per heavy atom. The number of carbonyl (C=O) groups is 1. The highest BCUT2D eigenvalue weighted by Gasteiger charge is 2.58. The van der Waals surface area contributed by atoms with E-state index < -0.39 is 22.7 Å². The molecule has 2 heterocycles. The molecule has 0 saturated carbocycles. The summed E-state index contributed by atoms with van der Waals surface area (Å²) < 4.78 is 11.0. The lowest BCUT2D eigenvalue weighted by Gasteiger charge is -2.40. The van der Waals surface area contributed by atoms with Gasteiger partial charge in [-0.15, -0.1) is 11.6 Å². The Labute approximate surface area is 139 Å². The van der Waals surface area contributed by atoms with Crippen LogP contribution in [0.4, 0.5) is 10.5 Å². The number of aliphatic imine (C=N–C) groups is 1. The number of para-hydroxylation sites is 1. The third kappa shape index (κ3) is 2.61. The Bertz CT molecular complexity index is 670. The van der Waals surface area contributed by atoms with E-state index in [-0.39, 0.29) is 5.90 Å². The van der Waals surface area contributed by atoms with E-state index in [4.69, 9.17) is 25.9 Å². The molecular formula is C16H19ClN2O4. The van der Waals surface area contributed by atoms with Crippen LogP contribution in [-0.2, 0) is 19.9 Å². The van der Waals surface area contributed by atoms with Crippen LogP contribution in [0, 0.1) is 0 Å². The molecule has 6 nitrogen and oxygen atoms in total. The van der Waals surface area contributed by atoms with Gasteiger partial charge in [0.25, 0.3) is 5.90 Å². The molecule has 0 radical (unpaired) electrons. The van der Waals surface area contributed by atoms with Crippen molar-refractivity contribution in [1.29, 1.82) is 0 Å². The molecule has 0 aromatic heterocycles. The average molecular weight is 339 g/mol. The van der Waals surface area contributed by atoms with Crippen LogP contribution in [0.1, 0.15) is 26.3 Å². The van der Waals surface area contributed by atoms with Crippen LogP contribution in [-0.4, -0.2) is 36.6 Å². The van der Waals surface area contributed by atoms with Crippen molar-refractivity contribution in [2.75, 3.05) is 18.7 Å². The van der Waals surface area contributed by atoms with Gasteiger partial charge in [0.1, 0.15) is 11.0 Å². The Morgan fingerprint density at radius 3 is 2.83 bits per heavy atom. The fourth-order valence-electron chi connectivity index (χ4n) is 2.73. The van der Waals surface area contributed by atoms with E-state index in [0.29, 0.717) is 6.54 Å². The Morgan fingerprint density at radius 2 is 2.13 bits per heavy atom. The normalized spacial score (nSPS) is 25.9. The zero-order valence-corrected chi connectivity index (χ0v) is 14.3. The van der Waals surface area contributed by atoms with Gasteiger partial charge in [-0.3, -0.25) is 0 Å². The number of hydrogen-bond donors (Lipinski definition) is 0. The van der Waals surface area contributed by atoms with Crippen molar-refractivity contribution in [2.45, 2.75) is 37.4 Å². The van der Waals surface area contributed by atoms with Crippen LogP contribution < -0.4 is 5.06 Å². The van der Waals surface area contributed by atoms with E-state index in [0.717, 1.165) is 11.3 Å². The monoisotopic (exact) mass is 338 g/mol. The number of hydroxylamine groups is 1. The highest BCUT2D eigenvalue weighted by molar-refractivity contribution is 6.25. The molecule has 0 bridgehead atoms. The second-order valence-corrected chi connectivity index (χ2v) is 7.05. The second kappa shape index (κ2) is 5.30. The summed E-state index contributed by atoms with van der Waals surface area (Å²) in [5.74, 6) is 0.268. The lowest BCUT2D eigenvalue weighted by atomic mass is 9.88. The number of hydrogen-bond acceptors (Lipinski definition) is 6. The summed E-state index contributed by atoms with van der Waals surface area (Å²) >= 11 is 6.49. The number of rotatable bonds is 1. The van der Waals surface area contributed by atoms with Crippen molar-refractivity contribution in [1.82, 2.24) is 0 Å². The molecule has 0 spiro atoms. The third-order valence-corrected chi connectivity index (χ3v) is 4.10. The van der Waals surface area contributed by atoms with Gasteiger partial charge in [0.15, 0.2) is 0 Å². The summed E-state index contributed by atoms with van der Waals surface area (Å²) in [5, 5.41) is 1.01. The zero-order chi connectivity index (χ0) is 16.8. The van der Waals surface area contributed by atoms with Crippen molar-refractivity contribution >= 4 is 29.3 Å². The predicted octanol–water partition coefficient (Wildman–Crippen LogP) is 3.23. The smallest absolute Gasteiger partial charge is 0.429 e. The van der Waals surface area contributed by atoms with Gasteiger partial charge in [0.2, 0.25) is 5.60 Å². The van der Waals surface area contributed by atoms with Gasteiger partial charge in [-0.05, 0) is 26.8 Å². The Balaban J connectivity index is 2.04. The molecule has 0 N–H and O–H groups in total. The Hall–Kier alpha value is -1.95. The van der Waals surface area contributed by atoms with Crippen LogP contribution >= 0.6 is 11.6 Å². The van der Waals surface area contributed by atoms with Crippen LogP contribution in [0.3, 0.4) is 0 Å². The summed E-state index contributed by atoms with van der Waals surface area (Å²) in [6, 6.07) is 7.46. The molecule has 3 rings (SSSR count). The topological polar surface area (TPSA) is 60.4 Å². The first-order chi connectivity index (χ1) is 10.7. The van der Waals surface area contributed by atoms with Crippen molar-refractivity contribution in [3.8, 4) is 0 Å². The molecule has 1 aromatic carbocycles. The van der Waals surface area contributed by atoms with Gasteiger partial charge in [0.05, 0.1) is 12.2 Å². The minimum atomic E-state index is -1.27. The minimum Gasteiger partial charge on any atom is -0.429 e. The molecule has 0 fully saturated rings. The molecule has 124 valence electrons. The van der Waals surface area contributed by atoms with Gasteiger partial charge >= 0.3 is 6.16 Å². The summed E-state index contributed by atoms with van der Waals surface area (Å²) in [7, 11) is 1.76. The van der Waals surface area contributed by atoms with Crippen LogP contribution in [0.2, 0.25) is 0 Å². The van der Waals surface area contributed by atoms with Gasteiger partial charge in [-0.1, -0.05) is 18.2 Å². The summed E-state index contributed by atoms with van der Waals surface area (Å²) in [5.41, 5.74) is -0.442. The first-order valence-electron chi connectivity index (χ1n) is 7.36. The maximum Gasteiger partial charge on any atom is 0.510 e. The Kier molecular flexibility index (Phi) is 3.67. The average Bonchev–Trinajstić information content (AvgIpc) is 2.75. The number of fused-ring (bicyclic) bond motifs is 3. The van der Waals surface area contributed by atoms with Gasteiger partial charge in [0, 0.05) is 12.6 Å². The second-order valence-electron chi connectivity index (χ2n) is 6.52. The van der Waals surface area contributed by atoms with E-state index in [1.807, 2.05) is 24.3 Å². The third-order valence-electron chi connectivity index (χ3n) is 3.65. The first-order valence-corrected chi connectivity index (χ1v) is 7.80. The molecule has 0 saturated heterocycles. The maximum atomic E-state index is 12.3. The number of ether oxygens (including phenoxy) is 2. The van der Waals surface area contributed by atoms with Crippen molar-refractivity contribution in [2.24, 2.45) is 4.99 Å². The molecule has 0 amide bonds. The molecule has 2 aliphatic rings. The fourth-order valence-corrected chi connectivity index (χ4v) is 3.05. The molecular weight excluding hydrogens is 320 g/mol. The minimum absolute atomic E-state index is 0.268. The van der Waals surface area contributed by atoms with Crippen molar-refractivity contribution in [3.05, 3.63) is 29.8 Å². The number of nitrogens with zero attached hydrogens (tertiary/aromatic N) is 2. The van der Waals surface area contributed by atoms with E-state index in [1.165, 1.54) is 0 Å². The summed E-state index contributed by atoms with van der Waals surface area (Å²) in [4.78, 5) is 22.3. The van der Waals surface area contributed by atoms with Gasteiger partial charge in [-0.2, -0.15) is 0 Å². The number of halogens is 1. The van der Waals surface area contributed by atoms with Gasteiger partial charge in [-0.25, -0.2) is 14.9 Å². The fraction of sp³-hybridized carbons (Fsp3) is 0.500. The maximum absolute atomic E-state index is 12.3. The van der Waals surface area contributed by atoms with Crippen LogP contribution in [0.25, 0.3) is 0 Å². The lowest BCUT2D eigenvalue weighted by Crippen LogP contribution is -2.52. The number of benzene rings is 1. The van der Waals surface area contributed by atoms with Crippen LogP contribution in [0.15, 0.2) is 29.3 Å². The molecule has 7 heteroatoms. The molecule has 23 heavy (non-hydrogen) atoms. The molecule has 0 aliphatic carbocycles. The number of anilines is 1. The van der Waals surface area contributed by atoms with E-state index in [9.17, 15) is 4.79 Å². The van der Waals surface area contributed by atoms with E-state index in [1.54, 1.807) is 32.9 Å². The van der Waals surface area contributed by atoms with Crippen LogP contribution in [0.5, 0.6) is 0 Å². The summed E-state index contributed by atoms with van der Waals surface area (Å²) in [6.07, 6.45) is -0.805. The highest BCUT2D eigenvalue weighted by Crippen LogP contribution is 2.47. The number of carbonyl (C=O) groups excluding carboxylic acids is 1. The standard InChI is InChI=1S/C16H19ClN2O4/c1-15(2,3)21-14(20)22-16-10-7-5-6-8-11(10)19(4)23-13(16)18-9-12(16)17/h5-8,12H,9H2,1-4H3. The van der Waals surface area contributed by atoms with Gasteiger partial charge < -0.3 is 14.3 Å². The lowest BCUT2D eigenvalue weighted by molar-refractivity contribution is -0.0516. The largest absolute Gasteiger partial charge is 0.510 e. The molecule has 1 aromatic rings. The van der Waals surface area contributed by atoms with E-state index >= 15 is 0 Å². The zero-order valence-electron chi connectivity index (χ0n) is 13.5. The van der Waals surface area contributed by atoms with Crippen molar-refractivity contribution < 1.29 is 19.1 Å². The van der Waals surface area contributed by atoms with Crippen molar-refractivity contribution in [3.63, 3.8) is 0 Å². The number of alkyl halides is 1. The van der Waals surface area contributed by atoms with E-state index in [2.05, 4.69) is 4.99 Å². The highest BCUT2D eigenvalue weighted by atomic mass is 35.5.